The SMILES string of the molecule is O=C(Oc1c(F)c(F)c(S(=O)(=O)[O-])c(F)c1F)c1c(C2CC3CCC2C3)cc(C2CC3CCC2C3)cc1C1CC2CCC1C2. The lowest BCUT2D eigenvalue weighted by molar-refractivity contribution is 0.0712. The van der Waals surface area contributed by atoms with Crippen LogP contribution in [0.1, 0.15) is 122 Å². The molecule has 0 amide bonds. The minimum atomic E-state index is -5.89. The van der Waals surface area contributed by atoms with Gasteiger partial charge >= 0.3 is 5.97 Å². The fourth-order valence-electron chi connectivity index (χ4n) is 10.7. The van der Waals surface area contributed by atoms with Crippen LogP contribution >= 0.6 is 0 Å². The van der Waals surface area contributed by atoms with Crippen molar-refractivity contribution in [3.05, 3.63) is 57.7 Å². The first kappa shape index (κ1) is 29.0. The first-order valence-corrected chi connectivity index (χ1v) is 17.6. The predicted octanol–water partition coefficient (Wildman–Crippen LogP) is 8.08. The molecule has 236 valence electrons. The molecule has 0 spiro atoms. The van der Waals surface area contributed by atoms with E-state index < -0.39 is 50.0 Å². The van der Waals surface area contributed by atoms with Crippen LogP contribution in [0, 0.1) is 58.8 Å². The molecule has 2 aromatic rings. The third-order valence-corrected chi connectivity index (χ3v) is 13.4. The van der Waals surface area contributed by atoms with Crippen LogP contribution in [0.25, 0.3) is 0 Å². The van der Waals surface area contributed by atoms with E-state index in [0.717, 1.165) is 68.9 Å². The highest BCUT2D eigenvalue weighted by atomic mass is 32.2. The van der Waals surface area contributed by atoms with E-state index in [9.17, 15) is 26.5 Å². The van der Waals surface area contributed by atoms with E-state index in [1.165, 1.54) is 24.8 Å². The van der Waals surface area contributed by atoms with E-state index in [-0.39, 0.29) is 17.4 Å². The van der Waals surface area contributed by atoms with Crippen molar-refractivity contribution in [2.24, 2.45) is 35.5 Å². The second-order valence-corrected chi connectivity index (χ2v) is 16.0. The van der Waals surface area contributed by atoms with Gasteiger partial charge in [0, 0.05) is 0 Å². The van der Waals surface area contributed by atoms with Crippen molar-refractivity contribution < 1.29 is 40.1 Å². The molecule has 0 saturated heterocycles. The monoisotopic (exact) mass is 631 g/mol. The fraction of sp³-hybridized carbons (Fsp3) is 0.618. The Morgan fingerprint density at radius 2 is 1.09 bits per heavy atom. The summed E-state index contributed by atoms with van der Waals surface area (Å²) < 4.78 is 98.7. The summed E-state index contributed by atoms with van der Waals surface area (Å²) in [4.78, 5) is 11.9. The van der Waals surface area contributed by atoms with E-state index >= 15 is 8.78 Å². The highest BCUT2D eigenvalue weighted by Gasteiger charge is 2.47. The molecule has 6 saturated carbocycles. The molecule has 0 aliphatic heterocycles. The van der Waals surface area contributed by atoms with Gasteiger partial charge in [0.15, 0.2) is 11.6 Å². The molecule has 2 aromatic carbocycles. The van der Waals surface area contributed by atoms with E-state index in [2.05, 4.69) is 12.1 Å². The Balaban J connectivity index is 1.28. The zero-order chi connectivity index (χ0) is 30.7. The lowest BCUT2D eigenvalue weighted by Crippen LogP contribution is -2.24. The Kier molecular flexibility index (Phi) is 6.77. The maximum Gasteiger partial charge on any atom is 0.344 e. The highest BCUT2D eigenvalue weighted by molar-refractivity contribution is 7.85. The minimum absolute atomic E-state index is 0.0725. The molecule has 6 fully saturated rings. The Morgan fingerprint density at radius 1 is 0.659 bits per heavy atom. The summed E-state index contributed by atoms with van der Waals surface area (Å²) in [5.41, 5.74) is 3.11. The van der Waals surface area contributed by atoms with Crippen LogP contribution in [0.3, 0.4) is 0 Å². The quantitative estimate of drug-likeness (QED) is 0.106. The Morgan fingerprint density at radius 3 is 1.45 bits per heavy atom. The molecular formula is C34H35F4O5S-. The van der Waals surface area contributed by atoms with Gasteiger partial charge in [-0.1, -0.05) is 31.4 Å². The number of halogens is 4. The van der Waals surface area contributed by atoms with Crippen LogP contribution in [-0.2, 0) is 10.1 Å². The molecule has 10 heteroatoms. The number of rotatable bonds is 6. The van der Waals surface area contributed by atoms with Crippen molar-refractivity contribution in [2.45, 2.75) is 99.7 Å². The molecule has 6 bridgehead atoms. The number of benzene rings is 2. The average molecular weight is 632 g/mol. The molecule has 0 heterocycles. The summed E-state index contributed by atoms with van der Waals surface area (Å²) >= 11 is 0. The lowest BCUT2D eigenvalue weighted by Gasteiger charge is -2.32. The zero-order valence-electron chi connectivity index (χ0n) is 24.3. The molecule has 8 rings (SSSR count). The van der Waals surface area contributed by atoms with Gasteiger partial charge in [-0.25, -0.2) is 22.0 Å². The molecule has 0 radical (unpaired) electrons. The smallest absolute Gasteiger partial charge is 0.344 e. The largest absolute Gasteiger partial charge is 0.744 e. The summed E-state index contributed by atoms with van der Waals surface area (Å²) in [5.74, 6) is -8.35. The molecule has 0 N–H and O–H groups in total. The summed E-state index contributed by atoms with van der Waals surface area (Å²) in [7, 11) is -5.89. The minimum Gasteiger partial charge on any atom is -0.744 e. The summed E-state index contributed by atoms with van der Waals surface area (Å²) in [6, 6.07) is 4.26. The summed E-state index contributed by atoms with van der Waals surface area (Å²) in [5, 5.41) is 0. The van der Waals surface area contributed by atoms with Gasteiger partial charge < -0.3 is 9.29 Å². The van der Waals surface area contributed by atoms with Gasteiger partial charge in [0.25, 0.3) is 0 Å². The van der Waals surface area contributed by atoms with Gasteiger partial charge in [0.2, 0.25) is 17.4 Å². The van der Waals surface area contributed by atoms with Gasteiger partial charge in [-0.2, -0.15) is 8.78 Å². The van der Waals surface area contributed by atoms with Crippen molar-refractivity contribution in [2.75, 3.05) is 0 Å². The third-order valence-electron chi connectivity index (χ3n) is 12.5. The fourth-order valence-corrected chi connectivity index (χ4v) is 11.3. The maximum atomic E-state index is 15.0. The van der Waals surface area contributed by atoms with Crippen molar-refractivity contribution >= 4 is 16.1 Å². The number of carbonyl (C=O) groups excluding carboxylic acids is 1. The number of fused-ring (bicyclic) bond motifs is 6. The number of hydrogen-bond acceptors (Lipinski definition) is 5. The Bertz CT molecular complexity index is 1600. The standard InChI is InChI=1S/C34H36F4O5S/c35-28-30(37)33(44(40,41)42)31(38)29(36)32(28)43-34(39)27-25(23-11-16-2-5-19(23)8-16)13-21(22-10-15-1-4-18(22)7-15)14-26(27)24-12-17-3-6-20(24)9-17/h13-20,22-24H,1-12H2,(H,40,41,42)/p-1. The molecule has 9 atom stereocenters. The van der Waals surface area contributed by atoms with Gasteiger partial charge in [-0.05, 0) is 128 Å². The van der Waals surface area contributed by atoms with Crippen LogP contribution in [0.2, 0.25) is 0 Å². The van der Waals surface area contributed by atoms with Crippen LogP contribution < -0.4 is 4.74 Å². The maximum absolute atomic E-state index is 15.0. The van der Waals surface area contributed by atoms with Crippen molar-refractivity contribution in [1.82, 2.24) is 0 Å². The summed E-state index contributed by atoms with van der Waals surface area (Å²) in [6.07, 6.45) is 13.1. The molecule has 6 aliphatic rings. The number of ether oxygens (including phenoxy) is 1. The van der Waals surface area contributed by atoms with Crippen molar-refractivity contribution in [1.29, 1.82) is 0 Å². The number of hydrogen-bond donors (Lipinski definition) is 0. The second kappa shape index (κ2) is 10.3. The predicted molar refractivity (Wildman–Crippen MR) is 150 cm³/mol. The molecule has 5 nitrogen and oxygen atoms in total. The van der Waals surface area contributed by atoms with Crippen molar-refractivity contribution in [3.8, 4) is 5.75 Å². The number of esters is 1. The van der Waals surface area contributed by atoms with Crippen LogP contribution in [-0.4, -0.2) is 18.9 Å². The van der Waals surface area contributed by atoms with Gasteiger partial charge in [-0.15, -0.1) is 0 Å². The molecule has 9 unspecified atom stereocenters. The van der Waals surface area contributed by atoms with E-state index in [4.69, 9.17) is 4.74 Å². The van der Waals surface area contributed by atoms with Crippen molar-refractivity contribution in [3.63, 3.8) is 0 Å². The van der Waals surface area contributed by atoms with Gasteiger partial charge in [0.1, 0.15) is 15.0 Å². The number of carbonyl (C=O) groups is 1. The first-order chi connectivity index (χ1) is 21.0. The first-order valence-electron chi connectivity index (χ1n) is 16.2. The average Bonchev–Trinajstić information content (AvgIpc) is 3.85. The lowest BCUT2D eigenvalue weighted by atomic mass is 9.72. The molecule has 44 heavy (non-hydrogen) atoms. The van der Waals surface area contributed by atoms with E-state index in [1.54, 1.807) is 0 Å². The van der Waals surface area contributed by atoms with Crippen LogP contribution in [0.15, 0.2) is 17.0 Å². The van der Waals surface area contributed by atoms with Gasteiger partial charge in [0.05, 0.1) is 5.56 Å². The molecular weight excluding hydrogens is 596 g/mol. The van der Waals surface area contributed by atoms with Crippen LogP contribution in [0.4, 0.5) is 17.6 Å². The zero-order valence-corrected chi connectivity index (χ0v) is 25.1. The topological polar surface area (TPSA) is 83.5 Å². The molecule has 6 aliphatic carbocycles. The second-order valence-electron chi connectivity index (χ2n) is 14.7. The third kappa shape index (κ3) is 4.48. The Labute approximate surface area is 254 Å². The summed E-state index contributed by atoms with van der Waals surface area (Å²) in [6.45, 7) is 0. The Hall–Kier alpha value is -2.46. The van der Waals surface area contributed by atoms with E-state index in [0.29, 0.717) is 41.4 Å². The van der Waals surface area contributed by atoms with Crippen LogP contribution in [0.5, 0.6) is 5.75 Å². The normalized spacial score (nSPS) is 35.2. The highest BCUT2D eigenvalue weighted by Crippen LogP contribution is 2.59. The molecule has 0 aromatic heterocycles. The van der Waals surface area contributed by atoms with E-state index in [1.807, 2.05) is 0 Å². The van der Waals surface area contributed by atoms with Gasteiger partial charge in [-0.3, -0.25) is 0 Å².